The van der Waals surface area contributed by atoms with Crippen molar-refractivity contribution in [1.29, 1.82) is 0 Å². The second-order valence-corrected chi connectivity index (χ2v) is 5.07. The lowest BCUT2D eigenvalue weighted by molar-refractivity contribution is -0.387. The van der Waals surface area contributed by atoms with Crippen LogP contribution < -0.4 is 0 Å². The summed E-state index contributed by atoms with van der Waals surface area (Å²) in [5.74, 6) is -9.90. The van der Waals surface area contributed by atoms with E-state index in [-0.39, 0.29) is 0 Å². The molecular weight excluding hydrogens is 342 g/mol. The largest absolute Gasteiger partial charge is 0.507 e. The number of rotatable bonds is 1. The molecule has 6 N–H and O–H groups in total. The zero-order valence-corrected chi connectivity index (χ0v) is 11.8. The molecule has 2 aromatic rings. The molecule has 0 heterocycles. The van der Waals surface area contributed by atoms with Crippen LogP contribution in [-0.2, 0) is 0 Å². The molecule has 1 aliphatic carbocycles. The molecule has 0 unspecified atom stereocenters. The minimum atomic E-state index is -1.46. The summed E-state index contributed by atoms with van der Waals surface area (Å²) in [7, 11) is 0. The van der Waals surface area contributed by atoms with E-state index < -0.39 is 78.9 Å². The van der Waals surface area contributed by atoms with Gasteiger partial charge in [0.1, 0.15) is 5.75 Å². The number of fused-ring (bicyclic) bond motifs is 2. The van der Waals surface area contributed by atoms with Crippen molar-refractivity contribution in [3.63, 3.8) is 0 Å². The molecular formula is C14H7NO10. The standard InChI is InChI=1S/C14H7NO10/c16-2-1-3(17)9(18)5-4(2)10(19)6-7(11(5)20)13(22)14(23)8(12(6)21)15(24)25/h1,16-18,21-23H. The van der Waals surface area contributed by atoms with Crippen LogP contribution in [0.2, 0.25) is 0 Å². The third kappa shape index (κ3) is 1.80. The first-order valence-electron chi connectivity index (χ1n) is 6.42. The van der Waals surface area contributed by atoms with Gasteiger partial charge in [-0.3, -0.25) is 19.7 Å². The summed E-state index contributed by atoms with van der Waals surface area (Å²) in [4.78, 5) is 34.7. The van der Waals surface area contributed by atoms with Crippen molar-refractivity contribution in [1.82, 2.24) is 0 Å². The van der Waals surface area contributed by atoms with Gasteiger partial charge in [0.25, 0.3) is 0 Å². The molecule has 0 saturated heterocycles. The lowest BCUT2D eigenvalue weighted by Crippen LogP contribution is -2.22. The fourth-order valence-corrected chi connectivity index (χ4v) is 2.66. The number of carbonyl (C=O) groups excluding carboxylic acids is 2. The fraction of sp³-hybridized carbons (Fsp3) is 0. The van der Waals surface area contributed by atoms with Gasteiger partial charge in [-0.15, -0.1) is 0 Å². The number of aromatic hydroxyl groups is 6. The van der Waals surface area contributed by atoms with Gasteiger partial charge in [-0.05, 0) is 0 Å². The summed E-state index contributed by atoms with van der Waals surface area (Å²) in [5.41, 5.74) is -5.18. The topological polar surface area (TPSA) is 199 Å². The van der Waals surface area contributed by atoms with Crippen LogP contribution in [0.4, 0.5) is 5.69 Å². The molecule has 0 amide bonds. The molecule has 2 aromatic carbocycles. The van der Waals surface area contributed by atoms with Gasteiger partial charge >= 0.3 is 5.69 Å². The molecule has 0 aliphatic heterocycles. The zero-order chi connectivity index (χ0) is 18.8. The van der Waals surface area contributed by atoms with E-state index in [2.05, 4.69) is 0 Å². The summed E-state index contributed by atoms with van der Waals surface area (Å²) in [6.07, 6.45) is 0. The Hall–Kier alpha value is -4.02. The van der Waals surface area contributed by atoms with Gasteiger partial charge in [0.2, 0.25) is 23.1 Å². The first-order chi connectivity index (χ1) is 11.6. The number of nitro groups is 1. The summed E-state index contributed by atoms with van der Waals surface area (Å²) in [6, 6.07) is 0.552. The van der Waals surface area contributed by atoms with Crippen molar-refractivity contribution in [2.45, 2.75) is 0 Å². The molecule has 0 bridgehead atoms. The highest BCUT2D eigenvalue weighted by atomic mass is 16.6. The molecule has 0 atom stereocenters. The molecule has 25 heavy (non-hydrogen) atoms. The van der Waals surface area contributed by atoms with Crippen LogP contribution in [0.3, 0.4) is 0 Å². The monoisotopic (exact) mass is 349 g/mol. The number of ketones is 2. The smallest absolute Gasteiger partial charge is 0.356 e. The lowest BCUT2D eigenvalue weighted by Gasteiger charge is -2.21. The summed E-state index contributed by atoms with van der Waals surface area (Å²) in [5, 5.41) is 69.5. The quantitative estimate of drug-likeness (QED) is 0.156. The summed E-state index contributed by atoms with van der Waals surface area (Å²) in [6.45, 7) is 0. The average Bonchev–Trinajstić information content (AvgIpc) is 2.51. The lowest BCUT2D eigenvalue weighted by atomic mass is 9.81. The first-order valence-corrected chi connectivity index (χ1v) is 6.42. The van der Waals surface area contributed by atoms with Crippen LogP contribution in [0.15, 0.2) is 6.07 Å². The summed E-state index contributed by atoms with van der Waals surface area (Å²) < 4.78 is 0. The van der Waals surface area contributed by atoms with Gasteiger partial charge in [0.05, 0.1) is 27.2 Å². The number of carbonyl (C=O) groups is 2. The minimum absolute atomic E-state index is 0.552. The van der Waals surface area contributed by atoms with E-state index >= 15 is 0 Å². The predicted octanol–water partition coefficient (Wildman–Crippen LogP) is 0.604. The molecule has 3 rings (SSSR count). The maximum atomic E-state index is 12.5. The zero-order valence-electron chi connectivity index (χ0n) is 11.8. The molecule has 0 radical (unpaired) electrons. The Morgan fingerprint density at radius 2 is 1.16 bits per heavy atom. The highest BCUT2D eigenvalue weighted by Gasteiger charge is 2.44. The van der Waals surface area contributed by atoms with E-state index in [0.717, 1.165) is 0 Å². The fourth-order valence-electron chi connectivity index (χ4n) is 2.66. The number of phenolic OH excluding ortho intramolecular Hbond substituents is 6. The van der Waals surface area contributed by atoms with Crippen LogP contribution in [0.5, 0.6) is 34.5 Å². The Labute approximate surface area is 136 Å². The predicted molar refractivity (Wildman–Crippen MR) is 76.4 cm³/mol. The van der Waals surface area contributed by atoms with Crippen LogP contribution in [-0.4, -0.2) is 47.1 Å². The first kappa shape index (κ1) is 15.9. The van der Waals surface area contributed by atoms with E-state index in [4.69, 9.17) is 0 Å². The third-order valence-corrected chi connectivity index (χ3v) is 3.75. The third-order valence-electron chi connectivity index (χ3n) is 3.75. The van der Waals surface area contributed by atoms with Gasteiger partial charge in [-0.25, -0.2) is 0 Å². The van der Waals surface area contributed by atoms with Crippen molar-refractivity contribution in [3.8, 4) is 34.5 Å². The van der Waals surface area contributed by atoms with Crippen LogP contribution in [0, 0.1) is 10.1 Å². The SMILES string of the molecule is O=C1c2c(O)c(O)cc(O)c2C(=O)c2c(O)c([N+](=O)[O-])c(O)c(O)c21. The van der Waals surface area contributed by atoms with Crippen LogP contribution in [0.25, 0.3) is 0 Å². The molecule has 0 aromatic heterocycles. The molecule has 128 valence electrons. The second kappa shape index (κ2) is 4.74. The number of benzene rings is 2. The molecule has 11 nitrogen and oxygen atoms in total. The van der Waals surface area contributed by atoms with Gasteiger partial charge in [-0.1, -0.05) is 0 Å². The van der Waals surface area contributed by atoms with Crippen molar-refractivity contribution < 1.29 is 45.2 Å². The molecule has 0 saturated carbocycles. The van der Waals surface area contributed by atoms with E-state index in [1.54, 1.807) is 0 Å². The second-order valence-electron chi connectivity index (χ2n) is 5.07. The van der Waals surface area contributed by atoms with Crippen molar-refractivity contribution in [3.05, 3.63) is 38.4 Å². The maximum absolute atomic E-state index is 12.5. The Kier molecular flexibility index (Phi) is 3.01. The Morgan fingerprint density at radius 3 is 1.72 bits per heavy atom. The number of nitro benzene ring substituents is 1. The molecule has 0 fully saturated rings. The maximum Gasteiger partial charge on any atom is 0.356 e. The van der Waals surface area contributed by atoms with Gasteiger partial charge < -0.3 is 30.6 Å². The average molecular weight is 349 g/mol. The number of nitrogens with zero attached hydrogens (tertiary/aromatic N) is 1. The highest BCUT2D eigenvalue weighted by molar-refractivity contribution is 6.32. The number of hydrogen-bond acceptors (Lipinski definition) is 10. The molecule has 11 heteroatoms. The van der Waals surface area contributed by atoms with Crippen molar-refractivity contribution >= 4 is 17.3 Å². The van der Waals surface area contributed by atoms with Gasteiger partial charge in [0.15, 0.2) is 17.2 Å². The van der Waals surface area contributed by atoms with Crippen LogP contribution in [0.1, 0.15) is 31.8 Å². The number of phenols is 6. The Morgan fingerprint density at radius 1 is 0.680 bits per heavy atom. The van der Waals surface area contributed by atoms with Crippen molar-refractivity contribution in [2.24, 2.45) is 0 Å². The molecule has 1 aliphatic rings. The summed E-state index contributed by atoms with van der Waals surface area (Å²) >= 11 is 0. The highest BCUT2D eigenvalue weighted by Crippen LogP contribution is 2.53. The van der Waals surface area contributed by atoms with E-state index in [0.29, 0.717) is 6.07 Å². The Balaban J connectivity index is 2.51. The van der Waals surface area contributed by atoms with Gasteiger partial charge in [-0.2, -0.15) is 0 Å². The van der Waals surface area contributed by atoms with Crippen LogP contribution >= 0.6 is 0 Å². The van der Waals surface area contributed by atoms with Crippen molar-refractivity contribution in [2.75, 3.05) is 0 Å². The van der Waals surface area contributed by atoms with E-state index in [1.165, 1.54) is 0 Å². The molecule has 0 spiro atoms. The Bertz CT molecular complexity index is 1020. The normalized spacial score (nSPS) is 12.6. The van der Waals surface area contributed by atoms with E-state index in [9.17, 15) is 50.3 Å². The van der Waals surface area contributed by atoms with E-state index in [1.807, 2.05) is 0 Å². The van der Waals surface area contributed by atoms with Gasteiger partial charge in [0, 0.05) is 6.07 Å². The minimum Gasteiger partial charge on any atom is -0.507 e. The number of hydrogen-bond donors (Lipinski definition) is 6.